The number of para-hydroxylation sites is 1. The molecule has 3 rings (SSSR count). The Morgan fingerprint density at radius 3 is 2.41 bits per heavy atom. The Bertz CT molecular complexity index is 871. The molecule has 0 aliphatic rings. The fraction of sp³-hybridized carbons (Fsp3) is 0. The van der Waals surface area contributed by atoms with E-state index in [4.69, 9.17) is 5.73 Å². The number of nitrogens with two attached hydrogens (primary N) is 1. The van der Waals surface area contributed by atoms with Gasteiger partial charge < -0.3 is 5.73 Å². The Kier molecular flexibility index (Phi) is 3.53. The summed E-state index contributed by atoms with van der Waals surface area (Å²) in [5, 5.41) is 0. The average Bonchev–Trinajstić information content (AvgIpc) is 2.56. The predicted molar refractivity (Wildman–Crippen MR) is 83.8 cm³/mol. The minimum atomic E-state index is -0.594. The first kappa shape index (κ1) is 13.8. The van der Waals surface area contributed by atoms with Crippen LogP contribution in [0.1, 0.15) is 10.4 Å². The number of hydrogen-bond acceptors (Lipinski definition) is 3. The van der Waals surface area contributed by atoms with Crippen LogP contribution in [0.15, 0.2) is 71.8 Å². The summed E-state index contributed by atoms with van der Waals surface area (Å²) in [6, 6.07) is 15.4. The van der Waals surface area contributed by atoms with Gasteiger partial charge in [0.15, 0.2) is 0 Å². The summed E-state index contributed by atoms with van der Waals surface area (Å²) in [5.74, 6) is -0.594. The third-order valence-electron chi connectivity index (χ3n) is 3.31. The molecule has 0 radical (unpaired) electrons. The molecule has 22 heavy (non-hydrogen) atoms. The van der Waals surface area contributed by atoms with Crippen LogP contribution in [0.3, 0.4) is 0 Å². The first-order chi connectivity index (χ1) is 10.7. The fourth-order valence-corrected chi connectivity index (χ4v) is 2.36. The highest BCUT2D eigenvalue weighted by Gasteiger charge is 2.17. The molecule has 5 heteroatoms. The van der Waals surface area contributed by atoms with Crippen LogP contribution in [0, 0.1) is 0 Å². The van der Waals surface area contributed by atoms with Gasteiger partial charge >= 0.3 is 0 Å². The molecule has 5 nitrogen and oxygen atoms in total. The average molecular weight is 291 g/mol. The summed E-state index contributed by atoms with van der Waals surface area (Å²) in [6.45, 7) is 0. The van der Waals surface area contributed by atoms with Crippen LogP contribution in [-0.4, -0.2) is 15.5 Å². The minimum Gasteiger partial charge on any atom is -0.366 e. The maximum atomic E-state index is 12.4. The van der Waals surface area contributed by atoms with Gasteiger partial charge in [0.25, 0.3) is 11.5 Å². The van der Waals surface area contributed by atoms with Gasteiger partial charge in [-0.3, -0.25) is 19.1 Å². The second kappa shape index (κ2) is 5.65. The van der Waals surface area contributed by atoms with Crippen molar-refractivity contribution in [3.63, 3.8) is 0 Å². The number of amides is 1. The van der Waals surface area contributed by atoms with Crippen molar-refractivity contribution in [1.29, 1.82) is 0 Å². The topological polar surface area (TPSA) is 78.0 Å². The van der Waals surface area contributed by atoms with Gasteiger partial charge in [0, 0.05) is 29.7 Å². The highest BCUT2D eigenvalue weighted by molar-refractivity contribution is 5.99. The predicted octanol–water partition coefficient (Wildman–Crippen LogP) is 2.00. The number of benzene rings is 1. The molecule has 2 aromatic heterocycles. The lowest BCUT2D eigenvalue weighted by atomic mass is 10.1. The Labute approximate surface area is 126 Å². The third kappa shape index (κ3) is 2.40. The molecular formula is C17H13N3O2. The highest BCUT2D eigenvalue weighted by Crippen LogP contribution is 2.24. The van der Waals surface area contributed by atoms with Crippen LogP contribution in [0.25, 0.3) is 16.9 Å². The highest BCUT2D eigenvalue weighted by atomic mass is 16.1. The molecule has 2 N–H and O–H groups in total. The molecule has 0 saturated carbocycles. The van der Waals surface area contributed by atoms with Crippen molar-refractivity contribution in [2.45, 2.75) is 0 Å². The zero-order chi connectivity index (χ0) is 15.5. The zero-order valence-corrected chi connectivity index (χ0v) is 11.6. The van der Waals surface area contributed by atoms with E-state index in [-0.39, 0.29) is 11.1 Å². The summed E-state index contributed by atoms with van der Waals surface area (Å²) in [7, 11) is 0. The lowest BCUT2D eigenvalue weighted by Crippen LogP contribution is -2.24. The zero-order valence-electron chi connectivity index (χ0n) is 11.6. The van der Waals surface area contributed by atoms with Gasteiger partial charge in [0.05, 0.1) is 11.3 Å². The van der Waals surface area contributed by atoms with Crippen LogP contribution in [-0.2, 0) is 0 Å². The van der Waals surface area contributed by atoms with Gasteiger partial charge in [0.1, 0.15) is 0 Å². The summed E-state index contributed by atoms with van der Waals surface area (Å²) in [6.07, 6.45) is 3.22. The maximum Gasteiger partial charge on any atom is 0.255 e. The van der Waals surface area contributed by atoms with Crippen molar-refractivity contribution in [1.82, 2.24) is 9.55 Å². The van der Waals surface area contributed by atoms with Crippen molar-refractivity contribution >= 4 is 5.91 Å². The molecule has 1 amide bonds. The van der Waals surface area contributed by atoms with Gasteiger partial charge in [-0.1, -0.05) is 18.2 Å². The minimum absolute atomic E-state index is 0.241. The van der Waals surface area contributed by atoms with Crippen molar-refractivity contribution in [2.24, 2.45) is 5.73 Å². The van der Waals surface area contributed by atoms with Crippen molar-refractivity contribution in [2.75, 3.05) is 0 Å². The lowest BCUT2D eigenvalue weighted by molar-refractivity contribution is 0.100. The number of rotatable bonds is 3. The molecule has 0 fully saturated rings. The van der Waals surface area contributed by atoms with Gasteiger partial charge in [-0.15, -0.1) is 0 Å². The summed E-state index contributed by atoms with van der Waals surface area (Å²) in [4.78, 5) is 28.2. The number of pyridine rings is 2. The van der Waals surface area contributed by atoms with Crippen molar-refractivity contribution < 1.29 is 4.79 Å². The van der Waals surface area contributed by atoms with E-state index in [1.807, 2.05) is 18.2 Å². The Hall–Kier alpha value is -3.21. The molecular weight excluding hydrogens is 278 g/mol. The SMILES string of the molecule is NC(=O)c1ccc(=O)n(-c2ccccc2)c1-c1cccnc1. The number of primary amides is 1. The van der Waals surface area contributed by atoms with E-state index in [9.17, 15) is 9.59 Å². The Morgan fingerprint density at radius 1 is 1.00 bits per heavy atom. The number of hydrogen-bond donors (Lipinski definition) is 1. The van der Waals surface area contributed by atoms with Crippen LogP contribution in [0.2, 0.25) is 0 Å². The molecule has 1 aromatic carbocycles. The number of aromatic nitrogens is 2. The number of carbonyl (C=O) groups excluding carboxylic acids is 1. The molecule has 3 aromatic rings. The van der Waals surface area contributed by atoms with E-state index in [0.29, 0.717) is 16.9 Å². The standard InChI is InChI=1S/C17H13N3O2/c18-17(22)14-8-9-15(21)20(13-6-2-1-3-7-13)16(14)12-5-4-10-19-11-12/h1-11H,(H2,18,22). The van der Waals surface area contributed by atoms with E-state index < -0.39 is 5.91 Å². The molecule has 0 bridgehead atoms. The molecule has 0 aliphatic carbocycles. The number of carbonyl (C=O) groups is 1. The molecule has 0 unspecified atom stereocenters. The lowest BCUT2D eigenvalue weighted by Gasteiger charge is -2.15. The van der Waals surface area contributed by atoms with Crippen LogP contribution < -0.4 is 11.3 Å². The van der Waals surface area contributed by atoms with E-state index in [2.05, 4.69) is 4.98 Å². The molecule has 0 spiro atoms. The molecule has 0 aliphatic heterocycles. The monoisotopic (exact) mass is 291 g/mol. The Balaban J connectivity index is 2.41. The summed E-state index contributed by atoms with van der Waals surface area (Å²) in [5.41, 5.74) is 7.26. The third-order valence-corrected chi connectivity index (χ3v) is 3.31. The van der Waals surface area contributed by atoms with E-state index in [1.165, 1.54) is 16.7 Å². The van der Waals surface area contributed by atoms with E-state index >= 15 is 0 Å². The quantitative estimate of drug-likeness (QED) is 0.801. The fourth-order valence-electron chi connectivity index (χ4n) is 2.36. The second-order valence-corrected chi connectivity index (χ2v) is 4.71. The van der Waals surface area contributed by atoms with Gasteiger partial charge in [-0.2, -0.15) is 0 Å². The van der Waals surface area contributed by atoms with Crippen molar-refractivity contribution in [3.8, 4) is 16.9 Å². The molecule has 108 valence electrons. The van der Waals surface area contributed by atoms with Crippen LogP contribution in [0.4, 0.5) is 0 Å². The van der Waals surface area contributed by atoms with Gasteiger partial charge in [-0.05, 0) is 30.3 Å². The van der Waals surface area contributed by atoms with Crippen LogP contribution in [0.5, 0.6) is 0 Å². The molecule has 0 atom stereocenters. The van der Waals surface area contributed by atoms with E-state index in [1.54, 1.807) is 36.7 Å². The number of nitrogens with zero attached hydrogens (tertiary/aromatic N) is 2. The van der Waals surface area contributed by atoms with Gasteiger partial charge in [-0.25, -0.2) is 0 Å². The normalized spacial score (nSPS) is 10.4. The summed E-state index contributed by atoms with van der Waals surface area (Å²) >= 11 is 0. The van der Waals surface area contributed by atoms with E-state index in [0.717, 1.165) is 0 Å². The largest absolute Gasteiger partial charge is 0.366 e. The van der Waals surface area contributed by atoms with Crippen LogP contribution >= 0.6 is 0 Å². The molecule has 0 saturated heterocycles. The first-order valence-corrected chi connectivity index (χ1v) is 6.70. The first-order valence-electron chi connectivity index (χ1n) is 6.70. The Morgan fingerprint density at radius 2 is 1.77 bits per heavy atom. The maximum absolute atomic E-state index is 12.4. The summed E-state index contributed by atoms with van der Waals surface area (Å²) < 4.78 is 1.47. The van der Waals surface area contributed by atoms with Crippen molar-refractivity contribution in [3.05, 3.63) is 82.9 Å². The smallest absolute Gasteiger partial charge is 0.255 e. The second-order valence-electron chi connectivity index (χ2n) is 4.71. The molecule has 2 heterocycles. The van der Waals surface area contributed by atoms with Gasteiger partial charge in [0.2, 0.25) is 0 Å².